The molecule has 4 aromatic rings. The molecule has 0 unspecified atom stereocenters. The van der Waals surface area contributed by atoms with Gasteiger partial charge in [-0.15, -0.1) is 11.3 Å². The molecular formula is C25H24N6OS. The van der Waals surface area contributed by atoms with Crippen molar-refractivity contribution in [3.63, 3.8) is 0 Å². The van der Waals surface area contributed by atoms with E-state index in [-0.39, 0.29) is 5.91 Å². The van der Waals surface area contributed by atoms with Gasteiger partial charge in [-0.1, -0.05) is 36.4 Å². The van der Waals surface area contributed by atoms with E-state index in [1.165, 1.54) is 26.8 Å². The highest BCUT2D eigenvalue weighted by Crippen LogP contribution is 2.44. The minimum atomic E-state index is 0.0746. The Morgan fingerprint density at radius 3 is 2.64 bits per heavy atom. The van der Waals surface area contributed by atoms with Gasteiger partial charge in [-0.2, -0.15) is 0 Å². The lowest BCUT2D eigenvalue weighted by molar-refractivity contribution is -0.119. The van der Waals surface area contributed by atoms with Crippen LogP contribution in [0.5, 0.6) is 0 Å². The molecule has 33 heavy (non-hydrogen) atoms. The molecule has 1 saturated heterocycles. The monoisotopic (exact) mass is 456 g/mol. The van der Waals surface area contributed by atoms with Gasteiger partial charge in [0.05, 0.1) is 12.2 Å². The number of piperazine rings is 1. The predicted molar refractivity (Wildman–Crippen MR) is 132 cm³/mol. The van der Waals surface area contributed by atoms with Crippen LogP contribution < -0.4 is 9.80 Å². The Balaban J connectivity index is 1.13. The molecule has 0 N–H and O–H groups in total. The van der Waals surface area contributed by atoms with E-state index in [4.69, 9.17) is 4.98 Å². The van der Waals surface area contributed by atoms with E-state index < -0.39 is 0 Å². The van der Waals surface area contributed by atoms with Crippen LogP contribution in [0.2, 0.25) is 0 Å². The molecule has 166 valence electrons. The second-order valence-corrected chi connectivity index (χ2v) is 9.58. The molecule has 1 aliphatic carbocycles. The van der Waals surface area contributed by atoms with Crippen LogP contribution in [0.3, 0.4) is 0 Å². The summed E-state index contributed by atoms with van der Waals surface area (Å²) in [5.74, 6) is 0.830. The zero-order valence-corrected chi connectivity index (χ0v) is 19.3. The highest BCUT2D eigenvalue weighted by Gasteiger charge is 2.28. The first-order chi connectivity index (χ1) is 16.2. The fourth-order valence-corrected chi connectivity index (χ4v) is 5.75. The number of anilines is 2. The fraction of sp³-hybridized carbons (Fsp3) is 0.280. The molecule has 0 spiro atoms. The molecule has 1 aliphatic heterocycles. The van der Waals surface area contributed by atoms with Gasteiger partial charge in [0.15, 0.2) is 5.13 Å². The van der Waals surface area contributed by atoms with Crippen LogP contribution in [-0.2, 0) is 11.2 Å². The highest BCUT2D eigenvalue weighted by atomic mass is 32.1. The molecule has 2 aromatic heterocycles. The summed E-state index contributed by atoms with van der Waals surface area (Å²) in [4.78, 5) is 33.9. The number of nitrogens with zero attached hydrogens (tertiary/aromatic N) is 6. The van der Waals surface area contributed by atoms with E-state index in [2.05, 4.69) is 56.2 Å². The molecule has 0 atom stereocenters. The summed E-state index contributed by atoms with van der Waals surface area (Å²) < 4.78 is 0. The van der Waals surface area contributed by atoms with Gasteiger partial charge in [-0.05, 0) is 22.4 Å². The van der Waals surface area contributed by atoms with Gasteiger partial charge in [-0.3, -0.25) is 14.6 Å². The maximum Gasteiger partial charge on any atom is 0.242 e. The van der Waals surface area contributed by atoms with Crippen LogP contribution in [-0.4, -0.2) is 65.5 Å². The number of benzene rings is 2. The normalized spacial score (nSPS) is 15.5. The van der Waals surface area contributed by atoms with Gasteiger partial charge in [-0.25, -0.2) is 15.0 Å². The van der Waals surface area contributed by atoms with Gasteiger partial charge in [0.25, 0.3) is 0 Å². The first-order valence-electron chi connectivity index (χ1n) is 11.2. The fourth-order valence-electron chi connectivity index (χ4n) is 4.69. The quantitative estimate of drug-likeness (QED) is 0.413. The van der Waals surface area contributed by atoms with E-state index >= 15 is 0 Å². The molecule has 0 saturated carbocycles. The lowest BCUT2D eigenvalue weighted by Crippen LogP contribution is -2.50. The predicted octanol–water partition coefficient (Wildman–Crippen LogP) is 3.44. The second kappa shape index (κ2) is 8.20. The van der Waals surface area contributed by atoms with Crippen molar-refractivity contribution in [3.05, 3.63) is 65.3 Å². The van der Waals surface area contributed by atoms with E-state index in [9.17, 15) is 4.79 Å². The summed E-state index contributed by atoms with van der Waals surface area (Å²) in [5, 5.41) is 3.34. The summed E-state index contributed by atoms with van der Waals surface area (Å²) in [6, 6.07) is 14.7. The molecule has 8 heteroatoms. The van der Waals surface area contributed by atoms with Crippen LogP contribution in [0.25, 0.3) is 22.0 Å². The molecule has 2 aliphatic rings. The van der Waals surface area contributed by atoms with Crippen molar-refractivity contribution >= 4 is 39.1 Å². The third-order valence-electron chi connectivity index (χ3n) is 6.55. The van der Waals surface area contributed by atoms with Crippen molar-refractivity contribution in [2.24, 2.45) is 0 Å². The lowest BCUT2D eigenvalue weighted by Gasteiger charge is -2.34. The van der Waals surface area contributed by atoms with Gasteiger partial charge < -0.3 is 4.90 Å². The highest BCUT2D eigenvalue weighted by molar-refractivity contribution is 7.16. The van der Waals surface area contributed by atoms with Crippen molar-refractivity contribution in [2.75, 3.05) is 49.6 Å². The Kier molecular flexibility index (Phi) is 5.04. The number of rotatable bonds is 4. The Hall–Kier alpha value is -3.36. The van der Waals surface area contributed by atoms with Crippen molar-refractivity contribution in [3.8, 4) is 11.3 Å². The van der Waals surface area contributed by atoms with Crippen LogP contribution >= 0.6 is 11.3 Å². The zero-order valence-electron chi connectivity index (χ0n) is 18.4. The molecule has 0 bridgehead atoms. The van der Waals surface area contributed by atoms with Crippen molar-refractivity contribution < 1.29 is 4.79 Å². The summed E-state index contributed by atoms with van der Waals surface area (Å²) >= 11 is 1.63. The Morgan fingerprint density at radius 1 is 1.03 bits per heavy atom. The number of hydrogen-bond donors (Lipinski definition) is 0. The second-order valence-electron chi connectivity index (χ2n) is 8.52. The Labute approximate surface area is 196 Å². The van der Waals surface area contributed by atoms with Crippen LogP contribution in [0, 0.1) is 0 Å². The maximum absolute atomic E-state index is 13.0. The number of thiazole rings is 1. The number of aromatic nitrogens is 3. The lowest BCUT2D eigenvalue weighted by atomic mass is 10.0. The minimum Gasteiger partial charge on any atom is -0.338 e. The van der Waals surface area contributed by atoms with Crippen LogP contribution in [0.4, 0.5) is 11.1 Å². The van der Waals surface area contributed by atoms with Gasteiger partial charge in [0.1, 0.15) is 0 Å². The van der Waals surface area contributed by atoms with Crippen LogP contribution in [0.15, 0.2) is 54.9 Å². The SMILES string of the molecule is CN(C(=O)CN1CCN(c2ncccn2)CC1)c1nc2c(s1)Cc1c-2ccc2ccccc12. The van der Waals surface area contributed by atoms with E-state index in [1.54, 1.807) is 28.6 Å². The van der Waals surface area contributed by atoms with E-state index in [1.807, 2.05) is 13.1 Å². The third kappa shape index (κ3) is 3.65. The van der Waals surface area contributed by atoms with E-state index in [0.29, 0.717) is 6.54 Å². The van der Waals surface area contributed by atoms with Crippen LogP contribution in [0.1, 0.15) is 10.4 Å². The smallest absolute Gasteiger partial charge is 0.242 e. The first-order valence-corrected chi connectivity index (χ1v) is 12.0. The van der Waals surface area contributed by atoms with Crippen molar-refractivity contribution in [2.45, 2.75) is 6.42 Å². The molecule has 7 nitrogen and oxygen atoms in total. The van der Waals surface area contributed by atoms with Crippen molar-refractivity contribution in [1.29, 1.82) is 0 Å². The molecule has 1 amide bonds. The molecule has 2 aromatic carbocycles. The summed E-state index contributed by atoms with van der Waals surface area (Å²) in [7, 11) is 1.84. The number of amides is 1. The third-order valence-corrected chi connectivity index (χ3v) is 7.68. The average molecular weight is 457 g/mol. The van der Waals surface area contributed by atoms with Crippen molar-refractivity contribution in [1.82, 2.24) is 19.9 Å². The largest absolute Gasteiger partial charge is 0.338 e. The summed E-state index contributed by atoms with van der Waals surface area (Å²) in [6.07, 6.45) is 4.41. The van der Waals surface area contributed by atoms with Gasteiger partial charge in [0, 0.05) is 62.5 Å². The first kappa shape index (κ1) is 20.3. The number of carbonyl (C=O) groups excluding carboxylic acids is 1. The summed E-state index contributed by atoms with van der Waals surface area (Å²) in [5.41, 5.74) is 3.58. The maximum atomic E-state index is 13.0. The number of hydrogen-bond acceptors (Lipinski definition) is 7. The topological polar surface area (TPSA) is 65.5 Å². The van der Waals surface area contributed by atoms with Gasteiger partial charge in [0.2, 0.25) is 11.9 Å². The average Bonchev–Trinajstić information content (AvgIpc) is 3.43. The molecule has 0 radical (unpaired) electrons. The standard InChI is InChI=1S/C25H24N6OS/c1-29(22(32)16-30-11-13-31(14-12-30)24-26-9-4-10-27-24)25-28-23-19-8-7-17-5-2-3-6-18(17)20(19)15-21(23)33-25/h2-10H,11-16H2,1H3. The number of fused-ring (bicyclic) bond motifs is 5. The zero-order chi connectivity index (χ0) is 22.4. The molecular weight excluding hydrogens is 432 g/mol. The molecule has 6 rings (SSSR count). The molecule has 1 fully saturated rings. The van der Waals surface area contributed by atoms with E-state index in [0.717, 1.165) is 49.4 Å². The summed E-state index contributed by atoms with van der Waals surface area (Å²) in [6.45, 7) is 3.65. The number of likely N-dealkylation sites (N-methyl/N-ethyl adjacent to an activating group) is 1. The Bertz CT molecular complexity index is 1330. The molecule has 3 heterocycles. The Morgan fingerprint density at radius 2 is 1.82 bits per heavy atom. The minimum absolute atomic E-state index is 0.0746. The van der Waals surface area contributed by atoms with Gasteiger partial charge >= 0.3 is 0 Å². The number of carbonyl (C=O) groups is 1.